The molecule has 31 heavy (non-hydrogen) atoms. The third kappa shape index (κ3) is 8.95. The Balaban J connectivity index is 1.80. The number of unbranched alkanes of at least 4 members (excludes halogenated alkanes) is 5. The molecule has 0 N–H and O–H groups in total. The highest BCUT2D eigenvalue weighted by Crippen LogP contribution is 2.17. The Morgan fingerprint density at radius 2 is 1.35 bits per heavy atom. The summed E-state index contributed by atoms with van der Waals surface area (Å²) in [6.07, 6.45) is 9.64. The molecule has 0 aliphatic rings. The van der Waals surface area contributed by atoms with Crippen LogP contribution in [0.2, 0.25) is 0 Å². The first-order chi connectivity index (χ1) is 15.0. The summed E-state index contributed by atoms with van der Waals surface area (Å²) in [5.74, 6) is -0.0293. The molecule has 0 aliphatic heterocycles. The van der Waals surface area contributed by atoms with E-state index in [4.69, 9.17) is 9.47 Å². The lowest BCUT2D eigenvalue weighted by Crippen LogP contribution is -2.12. The van der Waals surface area contributed by atoms with Gasteiger partial charge in [-0.1, -0.05) is 71.4 Å². The van der Waals surface area contributed by atoms with Gasteiger partial charge < -0.3 is 9.47 Å². The standard InChI is InChI=1S/C27H36O4/c1-4-6-7-8-9-10-11-22-12-14-24(15-13-22)27(29)31-25-18-16-23(17-19-25)26(28)30-20-21(3)5-2/h12-19,21H,4-11,20H2,1-3H3. The molecule has 2 aromatic rings. The summed E-state index contributed by atoms with van der Waals surface area (Å²) >= 11 is 0. The van der Waals surface area contributed by atoms with Crippen LogP contribution in [0.5, 0.6) is 5.75 Å². The van der Waals surface area contributed by atoms with Crippen molar-refractivity contribution in [1.82, 2.24) is 0 Å². The minimum atomic E-state index is -0.404. The lowest BCUT2D eigenvalue weighted by atomic mass is 10.0. The molecule has 0 spiro atoms. The Morgan fingerprint density at radius 1 is 0.774 bits per heavy atom. The summed E-state index contributed by atoms with van der Waals surface area (Å²) in [6, 6.07) is 14.1. The van der Waals surface area contributed by atoms with E-state index in [1.54, 1.807) is 24.3 Å². The van der Waals surface area contributed by atoms with Crippen molar-refractivity contribution in [3.63, 3.8) is 0 Å². The molecule has 168 valence electrons. The Labute approximate surface area is 187 Å². The fraction of sp³-hybridized carbons (Fsp3) is 0.481. The molecule has 2 aromatic carbocycles. The van der Waals surface area contributed by atoms with E-state index in [1.807, 2.05) is 31.2 Å². The third-order valence-corrected chi connectivity index (χ3v) is 5.51. The molecule has 4 nitrogen and oxygen atoms in total. The maximum absolute atomic E-state index is 12.4. The van der Waals surface area contributed by atoms with Crippen molar-refractivity contribution < 1.29 is 19.1 Å². The molecule has 0 amide bonds. The predicted octanol–water partition coefficient (Wildman–Crippen LogP) is 7.01. The van der Waals surface area contributed by atoms with Crippen LogP contribution in [0.4, 0.5) is 0 Å². The summed E-state index contributed by atoms with van der Waals surface area (Å²) in [5, 5.41) is 0. The zero-order valence-corrected chi connectivity index (χ0v) is 19.2. The number of carbonyl (C=O) groups excluding carboxylic acids is 2. The van der Waals surface area contributed by atoms with Gasteiger partial charge in [0.1, 0.15) is 5.75 Å². The van der Waals surface area contributed by atoms with Crippen LogP contribution in [-0.4, -0.2) is 18.5 Å². The van der Waals surface area contributed by atoms with Crippen LogP contribution < -0.4 is 4.74 Å². The maximum Gasteiger partial charge on any atom is 0.343 e. The van der Waals surface area contributed by atoms with Crippen molar-refractivity contribution >= 4 is 11.9 Å². The minimum absolute atomic E-state index is 0.335. The molecule has 0 saturated carbocycles. The Morgan fingerprint density at radius 3 is 2.00 bits per heavy atom. The lowest BCUT2D eigenvalue weighted by Gasteiger charge is -2.10. The number of hydrogen-bond acceptors (Lipinski definition) is 4. The molecule has 0 saturated heterocycles. The van der Waals surface area contributed by atoms with Crippen molar-refractivity contribution in [2.45, 2.75) is 72.1 Å². The zero-order valence-electron chi connectivity index (χ0n) is 19.2. The van der Waals surface area contributed by atoms with E-state index in [0.29, 0.717) is 29.4 Å². The number of hydrogen-bond donors (Lipinski definition) is 0. The molecule has 0 heterocycles. The third-order valence-electron chi connectivity index (χ3n) is 5.51. The summed E-state index contributed by atoms with van der Waals surface area (Å²) in [5.41, 5.74) is 2.21. The highest BCUT2D eigenvalue weighted by Gasteiger charge is 2.12. The summed E-state index contributed by atoms with van der Waals surface area (Å²) in [4.78, 5) is 24.5. The topological polar surface area (TPSA) is 52.6 Å². The number of rotatable bonds is 13. The largest absolute Gasteiger partial charge is 0.462 e. The predicted molar refractivity (Wildman–Crippen MR) is 125 cm³/mol. The van der Waals surface area contributed by atoms with Crippen molar-refractivity contribution in [2.75, 3.05) is 6.61 Å². The number of aryl methyl sites for hydroxylation is 1. The molecule has 0 aliphatic carbocycles. The molecular formula is C27H36O4. The van der Waals surface area contributed by atoms with Gasteiger partial charge in [0.2, 0.25) is 0 Å². The molecule has 2 rings (SSSR count). The van der Waals surface area contributed by atoms with Crippen LogP contribution in [-0.2, 0) is 11.2 Å². The van der Waals surface area contributed by atoms with Crippen molar-refractivity contribution in [3.8, 4) is 5.75 Å². The first-order valence-electron chi connectivity index (χ1n) is 11.6. The molecule has 0 bridgehead atoms. The van der Waals surface area contributed by atoms with Crippen molar-refractivity contribution in [1.29, 1.82) is 0 Å². The molecule has 1 atom stereocenters. The average Bonchev–Trinajstić information content (AvgIpc) is 2.80. The summed E-state index contributed by atoms with van der Waals surface area (Å²) < 4.78 is 10.7. The number of carbonyl (C=O) groups is 2. The van der Waals surface area contributed by atoms with Crippen LogP contribution in [0.1, 0.15) is 92.0 Å². The van der Waals surface area contributed by atoms with Gasteiger partial charge in [-0.05, 0) is 60.7 Å². The fourth-order valence-corrected chi connectivity index (χ4v) is 3.16. The van der Waals surface area contributed by atoms with Crippen molar-refractivity contribution in [2.24, 2.45) is 5.92 Å². The lowest BCUT2D eigenvalue weighted by molar-refractivity contribution is 0.0447. The molecule has 0 radical (unpaired) electrons. The monoisotopic (exact) mass is 424 g/mol. The van der Waals surface area contributed by atoms with Gasteiger partial charge in [0.15, 0.2) is 0 Å². The van der Waals surface area contributed by atoms with E-state index in [0.717, 1.165) is 12.8 Å². The van der Waals surface area contributed by atoms with Crippen molar-refractivity contribution in [3.05, 3.63) is 65.2 Å². The molecule has 4 heteroatoms. The van der Waals surface area contributed by atoms with Gasteiger partial charge in [0.05, 0.1) is 17.7 Å². The normalized spacial score (nSPS) is 11.7. The number of esters is 2. The fourth-order valence-electron chi connectivity index (χ4n) is 3.16. The first kappa shape index (κ1) is 24.6. The van der Waals surface area contributed by atoms with Gasteiger partial charge in [0, 0.05) is 0 Å². The van der Waals surface area contributed by atoms with Gasteiger partial charge in [-0.3, -0.25) is 0 Å². The average molecular weight is 425 g/mol. The van der Waals surface area contributed by atoms with Gasteiger partial charge >= 0.3 is 11.9 Å². The zero-order chi connectivity index (χ0) is 22.5. The van der Waals surface area contributed by atoms with Crippen LogP contribution in [0.15, 0.2) is 48.5 Å². The second-order valence-electron chi connectivity index (χ2n) is 8.24. The Kier molecular flexibility index (Phi) is 10.8. The highest BCUT2D eigenvalue weighted by atomic mass is 16.5. The van der Waals surface area contributed by atoms with Crippen LogP contribution >= 0.6 is 0 Å². The quantitative estimate of drug-likeness (QED) is 0.197. The van der Waals surface area contributed by atoms with Gasteiger partial charge in [-0.25, -0.2) is 9.59 Å². The number of ether oxygens (including phenoxy) is 2. The maximum atomic E-state index is 12.4. The van der Waals surface area contributed by atoms with Gasteiger partial charge in [-0.2, -0.15) is 0 Å². The molecule has 0 aromatic heterocycles. The van der Waals surface area contributed by atoms with E-state index in [9.17, 15) is 9.59 Å². The molecule has 0 fully saturated rings. The van der Waals surface area contributed by atoms with E-state index in [2.05, 4.69) is 13.8 Å². The SMILES string of the molecule is CCCCCCCCc1ccc(C(=O)Oc2ccc(C(=O)OCC(C)CC)cc2)cc1. The first-order valence-corrected chi connectivity index (χ1v) is 11.6. The summed E-state index contributed by atoms with van der Waals surface area (Å²) in [6.45, 7) is 6.73. The van der Waals surface area contributed by atoms with E-state index in [-0.39, 0.29) is 5.97 Å². The van der Waals surface area contributed by atoms with E-state index >= 15 is 0 Å². The van der Waals surface area contributed by atoms with Crippen LogP contribution in [0, 0.1) is 5.92 Å². The van der Waals surface area contributed by atoms with Gasteiger partial charge in [-0.15, -0.1) is 0 Å². The second kappa shape index (κ2) is 13.6. The number of benzene rings is 2. The molecular weight excluding hydrogens is 388 g/mol. The van der Waals surface area contributed by atoms with Gasteiger partial charge in [0.25, 0.3) is 0 Å². The highest BCUT2D eigenvalue weighted by molar-refractivity contribution is 5.92. The van der Waals surface area contributed by atoms with Crippen LogP contribution in [0.25, 0.3) is 0 Å². The Hall–Kier alpha value is -2.62. The summed E-state index contributed by atoms with van der Waals surface area (Å²) in [7, 11) is 0. The molecule has 1 unspecified atom stereocenters. The smallest absolute Gasteiger partial charge is 0.343 e. The van der Waals surface area contributed by atoms with Crippen LogP contribution in [0.3, 0.4) is 0 Å². The van der Waals surface area contributed by atoms with E-state index in [1.165, 1.54) is 44.1 Å². The second-order valence-corrected chi connectivity index (χ2v) is 8.24. The minimum Gasteiger partial charge on any atom is -0.462 e. The Bertz CT molecular complexity index is 793. The van der Waals surface area contributed by atoms with E-state index < -0.39 is 5.97 Å².